The monoisotopic (exact) mass is 283 g/mol. The van der Waals surface area contributed by atoms with E-state index in [-0.39, 0.29) is 0 Å². The van der Waals surface area contributed by atoms with Crippen LogP contribution in [0.15, 0.2) is 53.7 Å². The molecule has 2 aromatic carbocycles. The van der Waals surface area contributed by atoms with Crippen LogP contribution in [-0.4, -0.2) is 10.9 Å². The molecule has 0 saturated heterocycles. The van der Waals surface area contributed by atoms with Crippen LogP contribution in [0, 0.1) is 0 Å². The molecule has 0 heterocycles. The van der Waals surface area contributed by atoms with Gasteiger partial charge in [-0.25, -0.2) is 0 Å². The number of rotatable bonds is 5. The van der Waals surface area contributed by atoms with E-state index in [0.717, 1.165) is 16.9 Å². The minimum Gasteiger partial charge on any atom is -0.489 e. The van der Waals surface area contributed by atoms with Crippen LogP contribution >= 0.6 is 0 Å². The number of benzene rings is 2. The summed E-state index contributed by atoms with van der Waals surface area (Å²) in [6, 6.07) is 16.0. The lowest BCUT2D eigenvalue weighted by molar-refractivity contribution is 0.306. The summed E-state index contributed by atoms with van der Waals surface area (Å²) in [5.74, 6) is 1.35. The number of oxime groups is 1. The Morgan fingerprint density at radius 3 is 2.19 bits per heavy atom. The summed E-state index contributed by atoms with van der Waals surface area (Å²) < 4.78 is 5.76. The van der Waals surface area contributed by atoms with Gasteiger partial charge in [-0.15, -0.1) is 0 Å². The van der Waals surface area contributed by atoms with E-state index in [4.69, 9.17) is 9.94 Å². The Morgan fingerprint density at radius 1 is 1.05 bits per heavy atom. The summed E-state index contributed by atoms with van der Waals surface area (Å²) in [5, 5.41) is 11.9. The van der Waals surface area contributed by atoms with Gasteiger partial charge in [0, 0.05) is 0 Å². The molecule has 0 atom stereocenters. The molecule has 3 heteroatoms. The number of hydrogen-bond donors (Lipinski definition) is 1. The molecule has 0 bridgehead atoms. The van der Waals surface area contributed by atoms with Crippen molar-refractivity contribution >= 4 is 5.71 Å². The summed E-state index contributed by atoms with van der Waals surface area (Å²) in [6.07, 6.45) is 0. The van der Waals surface area contributed by atoms with Gasteiger partial charge in [-0.2, -0.15) is 0 Å². The van der Waals surface area contributed by atoms with Crippen LogP contribution in [0.1, 0.15) is 43.4 Å². The van der Waals surface area contributed by atoms with Gasteiger partial charge in [0.1, 0.15) is 12.4 Å². The third-order valence-corrected chi connectivity index (χ3v) is 3.47. The highest BCUT2D eigenvalue weighted by molar-refractivity contribution is 5.98. The molecule has 0 aliphatic carbocycles. The maximum Gasteiger partial charge on any atom is 0.119 e. The van der Waals surface area contributed by atoms with E-state index in [1.807, 2.05) is 24.3 Å². The van der Waals surface area contributed by atoms with Crippen molar-refractivity contribution in [3.05, 3.63) is 65.2 Å². The molecule has 2 rings (SSSR count). The predicted molar refractivity (Wildman–Crippen MR) is 85.3 cm³/mol. The zero-order valence-electron chi connectivity index (χ0n) is 12.7. The summed E-state index contributed by atoms with van der Waals surface area (Å²) in [5.41, 5.74) is 3.95. The molecule has 0 fully saturated rings. The third kappa shape index (κ3) is 4.09. The normalized spacial score (nSPS) is 11.7. The van der Waals surface area contributed by atoms with Crippen LogP contribution in [0.4, 0.5) is 0 Å². The number of hydrogen-bond acceptors (Lipinski definition) is 3. The molecule has 0 spiro atoms. The van der Waals surface area contributed by atoms with Crippen LogP contribution < -0.4 is 4.74 Å². The Morgan fingerprint density at radius 2 is 1.67 bits per heavy atom. The van der Waals surface area contributed by atoms with Gasteiger partial charge in [-0.3, -0.25) is 0 Å². The van der Waals surface area contributed by atoms with E-state index in [1.54, 1.807) is 6.92 Å². The Balaban J connectivity index is 1.96. The first-order chi connectivity index (χ1) is 10.1. The van der Waals surface area contributed by atoms with Gasteiger partial charge in [-0.05, 0) is 53.8 Å². The fourth-order valence-electron chi connectivity index (χ4n) is 2.02. The highest BCUT2D eigenvalue weighted by Gasteiger charge is 2.01. The van der Waals surface area contributed by atoms with Crippen molar-refractivity contribution in [3.63, 3.8) is 0 Å². The molecule has 0 aliphatic rings. The summed E-state index contributed by atoms with van der Waals surface area (Å²) in [6.45, 7) is 6.67. The topological polar surface area (TPSA) is 41.8 Å². The molecule has 0 aliphatic heterocycles. The Hall–Kier alpha value is -2.29. The van der Waals surface area contributed by atoms with Crippen molar-refractivity contribution in [1.82, 2.24) is 0 Å². The van der Waals surface area contributed by atoms with Crippen LogP contribution in [0.3, 0.4) is 0 Å². The summed E-state index contributed by atoms with van der Waals surface area (Å²) in [4.78, 5) is 0. The molecule has 3 nitrogen and oxygen atoms in total. The van der Waals surface area contributed by atoms with Crippen LogP contribution in [0.25, 0.3) is 0 Å². The van der Waals surface area contributed by atoms with Gasteiger partial charge in [0.15, 0.2) is 0 Å². The van der Waals surface area contributed by atoms with Crippen LogP contribution in [0.2, 0.25) is 0 Å². The molecule has 0 amide bonds. The van der Waals surface area contributed by atoms with Gasteiger partial charge in [0.2, 0.25) is 0 Å². The van der Waals surface area contributed by atoms with Gasteiger partial charge >= 0.3 is 0 Å². The molecule has 1 N–H and O–H groups in total. The lowest BCUT2D eigenvalue weighted by Crippen LogP contribution is -1.98. The lowest BCUT2D eigenvalue weighted by Gasteiger charge is -2.09. The molecular weight excluding hydrogens is 262 g/mol. The number of ether oxygens (including phenoxy) is 1. The van der Waals surface area contributed by atoms with Crippen molar-refractivity contribution in [1.29, 1.82) is 0 Å². The first-order valence-corrected chi connectivity index (χ1v) is 7.11. The zero-order chi connectivity index (χ0) is 15.2. The van der Waals surface area contributed by atoms with E-state index in [0.29, 0.717) is 18.2 Å². The van der Waals surface area contributed by atoms with E-state index < -0.39 is 0 Å². The minimum atomic E-state index is 0.545. The predicted octanol–water partition coefficient (Wildman–Crippen LogP) is 4.59. The van der Waals surface area contributed by atoms with Crippen LogP contribution in [0.5, 0.6) is 5.75 Å². The molecule has 110 valence electrons. The molecule has 0 saturated carbocycles. The standard InChI is InChI=1S/C18H21NO2/c1-13(2)16-6-4-15(5-7-16)12-21-18-10-8-17(9-11-18)14(3)19-20/h4-11,13,20H,12H2,1-3H3/b19-14+. The summed E-state index contributed by atoms with van der Waals surface area (Å²) in [7, 11) is 0. The largest absolute Gasteiger partial charge is 0.489 e. The third-order valence-electron chi connectivity index (χ3n) is 3.47. The van der Waals surface area contributed by atoms with Gasteiger partial charge in [0.25, 0.3) is 0 Å². The average Bonchev–Trinajstić information content (AvgIpc) is 2.53. The van der Waals surface area contributed by atoms with Gasteiger partial charge in [0.05, 0.1) is 5.71 Å². The van der Waals surface area contributed by atoms with Gasteiger partial charge < -0.3 is 9.94 Å². The lowest BCUT2D eigenvalue weighted by atomic mass is 10.0. The summed E-state index contributed by atoms with van der Waals surface area (Å²) >= 11 is 0. The first-order valence-electron chi connectivity index (χ1n) is 7.11. The van der Waals surface area contributed by atoms with Crippen molar-refractivity contribution < 1.29 is 9.94 Å². The molecule has 0 aromatic heterocycles. The second-order valence-corrected chi connectivity index (χ2v) is 5.39. The molecule has 0 radical (unpaired) electrons. The zero-order valence-corrected chi connectivity index (χ0v) is 12.7. The fraction of sp³-hybridized carbons (Fsp3) is 0.278. The van der Waals surface area contributed by atoms with Crippen LogP contribution in [-0.2, 0) is 6.61 Å². The number of nitrogens with zero attached hydrogens (tertiary/aromatic N) is 1. The highest BCUT2D eigenvalue weighted by atomic mass is 16.5. The highest BCUT2D eigenvalue weighted by Crippen LogP contribution is 2.17. The van der Waals surface area contributed by atoms with Crippen molar-refractivity contribution in [2.24, 2.45) is 5.16 Å². The Labute approximate surface area is 125 Å². The Kier molecular flexibility index (Phi) is 4.99. The fourth-order valence-corrected chi connectivity index (χ4v) is 2.02. The molecule has 0 unspecified atom stereocenters. The van der Waals surface area contributed by atoms with E-state index in [1.165, 1.54) is 5.56 Å². The first kappa shape index (κ1) is 15.1. The van der Waals surface area contributed by atoms with E-state index in [2.05, 4.69) is 43.3 Å². The van der Waals surface area contributed by atoms with Crippen molar-refractivity contribution in [2.45, 2.75) is 33.3 Å². The second-order valence-electron chi connectivity index (χ2n) is 5.39. The SMILES string of the molecule is C/C(=N\O)c1ccc(OCc2ccc(C(C)C)cc2)cc1. The Bertz CT molecular complexity index is 598. The van der Waals surface area contributed by atoms with Gasteiger partial charge in [-0.1, -0.05) is 43.3 Å². The molecule has 21 heavy (non-hydrogen) atoms. The van der Waals surface area contributed by atoms with E-state index >= 15 is 0 Å². The quantitative estimate of drug-likeness (QED) is 0.495. The average molecular weight is 283 g/mol. The molecule has 2 aromatic rings. The van der Waals surface area contributed by atoms with Crippen molar-refractivity contribution in [3.8, 4) is 5.75 Å². The smallest absolute Gasteiger partial charge is 0.119 e. The van der Waals surface area contributed by atoms with Crippen molar-refractivity contribution in [2.75, 3.05) is 0 Å². The molecular formula is C18H21NO2. The van der Waals surface area contributed by atoms with E-state index in [9.17, 15) is 0 Å². The maximum absolute atomic E-state index is 8.73. The minimum absolute atomic E-state index is 0.545. The second kappa shape index (κ2) is 6.93. The maximum atomic E-state index is 8.73.